The highest BCUT2D eigenvalue weighted by Crippen LogP contribution is 2.11. The third kappa shape index (κ3) is 3.90. The lowest BCUT2D eigenvalue weighted by Gasteiger charge is -2.11. The first-order valence-electron chi connectivity index (χ1n) is 6.03. The van der Waals surface area contributed by atoms with Crippen LogP contribution in [0.3, 0.4) is 0 Å². The van der Waals surface area contributed by atoms with Gasteiger partial charge in [0.05, 0.1) is 18.8 Å². The minimum Gasteiger partial charge on any atom is -0.394 e. The molecule has 0 spiro atoms. The smallest absolute Gasteiger partial charge is 0.0964 e. The number of hydrogen-bond acceptors (Lipinski definition) is 5. The van der Waals surface area contributed by atoms with Crippen molar-refractivity contribution in [2.75, 3.05) is 6.61 Å². The van der Waals surface area contributed by atoms with Crippen molar-refractivity contribution >= 4 is 11.3 Å². The fraction of sp³-hybridized carbons (Fsp3) is 0.500. The standard InChI is InChI=1S/C12H18N4OS/c1-10(7-12-3-2-6-18-12)13-8-11-9-16(4-5-17)15-14-11/h2-3,6,9-10,13,17H,4-5,7-8H2,1H3. The van der Waals surface area contributed by atoms with E-state index in [-0.39, 0.29) is 6.61 Å². The number of aliphatic hydroxyl groups is 1. The maximum atomic E-state index is 8.79. The molecule has 98 valence electrons. The Morgan fingerprint density at radius 2 is 2.44 bits per heavy atom. The minimum absolute atomic E-state index is 0.0883. The van der Waals surface area contributed by atoms with Crippen molar-refractivity contribution in [2.24, 2.45) is 0 Å². The predicted octanol–water partition coefficient (Wildman–Crippen LogP) is 1.05. The van der Waals surface area contributed by atoms with Crippen LogP contribution in [0.4, 0.5) is 0 Å². The molecule has 5 nitrogen and oxygen atoms in total. The fourth-order valence-electron chi connectivity index (χ4n) is 1.71. The molecule has 2 heterocycles. The van der Waals surface area contributed by atoms with Gasteiger partial charge in [0.1, 0.15) is 0 Å². The summed E-state index contributed by atoms with van der Waals surface area (Å²) in [6.45, 7) is 3.46. The Bertz CT molecular complexity index is 454. The van der Waals surface area contributed by atoms with E-state index in [1.54, 1.807) is 16.0 Å². The fourth-order valence-corrected chi connectivity index (χ4v) is 2.55. The Morgan fingerprint density at radius 1 is 1.56 bits per heavy atom. The lowest BCUT2D eigenvalue weighted by atomic mass is 10.2. The van der Waals surface area contributed by atoms with E-state index in [1.165, 1.54) is 4.88 Å². The SMILES string of the molecule is CC(Cc1cccs1)NCc1cn(CCO)nn1. The van der Waals surface area contributed by atoms with Crippen molar-refractivity contribution < 1.29 is 5.11 Å². The van der Waals surface area contributed by atoms with E-state index in [0.717, 1.165) is 12.1 Å². The van der Waals surface area contributed by atoms with Gasteiger partial charge in [0.2, 0.25) is 0 Å². The summed E-state index contributed by atoms with van der Waals surface area (Å²) in [5.41, 5.74) is 0.904. The number of hydrogen-bond donors (Lipinski definition) is 2. The number of nitrogens with one attached hydrogen (secondary N) is 1. The van der Waals surface area contributed by atoms with Crippen LogP contribution in [0.2, 0.25) is 0 Å². The molecule has 0 aliphatic heterocycles. The number of aromatic nitrogens is 3. The number of rotatable bonds is 7. The highest BCUT2D eigenvalue weighted by Gasteiger charge is 2.06. The Labute approximate surface area is 110 Å². The molecule has 0 saturated heterocycles. The molecule has 0 bridgehead atoms. The second-order valence-electron chi connectivity index (χ2n) is 4.26. The normalized spacial score (nSPS) is 12.8. The largest absolute Gasteiger partial charge is 0.394 e. The molecule has 0 amide bonds. The van der Waals surface area contributed by atoms with Crippen molar-refractivity contribution in [3.05, 3.63) is 34.3 Å². The van der Waals surface area contributed by atoms with E-state index >= 15 is 0 Å². The van der Waals surface area contributed by atoms with Gasteiger partial charge in [0, 0.05) is 23.7 Å². The zero-order valence-electron chi connectivity index (χ0n) is 10.4. The third-order valence-electron chi connectivity index (χ3n) is 2.63. The van der Waals surface area contributed by atoms with E-state index in [9.17, 15) is 0 Å². The highest BCUT2D eigenvalue weighted by molar-refractivity contribution is 7.09. The molecule has 0 aliphatic carbocycles. The van der Waals surface area contributed by atoms with E-state index in [2.05, 4.69) is 40.1 Å². The summed E-state index contributed by atoms with van der Waals surface area (Å²) in [5.74, 6) is 0. The van der Waals surface area contributed by atoms with Crippen molar-refractivity contribution in [1.29, 1.82) is 0 Å². The van der Waals surface area contributed by atoms with Crippen LogP contribution in [0.15, 0.2) is 23.7 Å². The lowest BCUT2D eigenvalue weighted by molar-refractivity contribution is 0.268. The monoisotopic (exact) mass is 266 g/mol. The molecule has 0 aliphatic rings. The summed E-state index contributed by atoms with van der Waals surface area (Å²) in [6.07, 6.45) is 2.89. The van der Waals surface area contributed by atoms with Crippen LogP contribution in [0.1, 0.15) is 17.5 Å². The first-order chi connectivity index (χ1) is 8.78. The Hall–Kier alpha value is -1.24. The summed E-state index contributed by atoms with van der Waals surface area (Å²) >= 11 is 1.78. The molecule has 1 unspecified atom stereocenters. The molecule has 0 saturated carbocycles. The average molecular weight is 266 g/mol. The molecule has 2 N–H and O–H groups in total. The summed E-state index contributed by atoms with van der Waals surface area (Å²) < 4.78 is 1.65. The van der Waals surface area contributed by atoms with Gasteiger partial charge in [-0.15, -0.1) is 16.4 Å². The van der Waals surface area contributed by atoms with Gasteiger partial charge in [0.15, 0.2) is 0 Å². The van der Waals surface area contributed by atoms with Crippen LogP contribution in [-0.4, -0.2) is 32.7 Å². The number of aliphatic hydroxyl groups excluding tert-OH is 1. The van der Waals surface area contributed by atoms with Crippen molar-refractivity contribution in [3.63, 3.8) is 0 Å². The quantitative estimate of drug-likeness (QED) is 0.786. The van der Waals surface area contributed by atoms with E-state index < -0.39 is 0 Å². The van der Waals surface area contributed by atoms with Gasteiger partial charge >= 0.3 is 0 Å². The van der Waals surface area contributed by atoms with Gasteiger partial charge in [-0.2, -0.15) is 0 Å². The number of thiophene rings is 1. The summed E-state index contributed by atoms with van der Waals surface area (Å²) in [6, 6.07) is 4.64. The molecule has 18 heavy (non-hydrogen) atoms. The van der Waals surface area contributed by atoms with Gasteiger partial charge in [0.25, 0.3) is 0 Å². The van der Waals surface area contributed by atoms with E-state index in [0.29, 0.717) is 19.1 Å². The van der Waals surface area contributed by atoms with Crippen molar-refractivity contribution in [1.82, 2.24) is 20.3 Å². The van der Waals surface area contributed by atoms with Crippen LogP contribution in [-0.2, 0) is 19.5 Å². The molecule has 2 aromatic rings. The summed E-state index contributed by atoms with van der Waals surface area (Å²) in [7, 11) is 0. The van der Waals surface area contributed by atoms with E-state index in [4.69, 9.17) is 5.11 Å². The molecular weight excluding hydrogens is 248 g/mol. The van der Waals surface area contributed by atoms with Crippen LogP contribution in [0.5, 0.6) is 0 Å². The highest BCUT2D eigenvalue weighted by atomic mass is 32.1. The number of nitrogens with zero attached hydrogens (tertiary/aromatic N) is 3. The maximum Gasteiger partial charge on any atom is 0.0964 e. The van der Waals surface area contributed by atoms with Gasteiger partial charge in [-0.3, -0.25) is 0 Å². The molecule has 6 heteroatoms. The molecule has 2 aromatic heterocycles. The zero-order valence-corrected chi connectivity index (χ0v) is 11.2. The molecular formula is C12H18N4OS. The Balaban J connectivity index is 1.76. The summed E-state index contributed by atoms with van der Waals surface area (Å²) in [4.78, 5) is 1.39. The Kier molecular flexibility index (Phi) is 4.86. The van der Waals surface area contributed by atoms with E-state index in [1.807, 2.05) is 6.20 Å². The first-order valence-corrected chi connectivity index (χ1v) is 6.91. The van der Waals surface area contributed by atoms with Gasteiger partial charge in [-0.1, -0.05) is 11.3 Å². The molecule has 0 aromatic carbocycles. The molecule has 0 fully saturated rings. The van der Waals surface area contributed by atoms with Crippen LogP contribution in [0, 0.1) is 0 Å². The van der Waals surface area contributed by atoms with Crippen molar-refractivity contribution in [2.45, 2.75) is 32.5 Å². The minimum atomic E-state index is 0.0883. The van der Waals surface area contributed by atoms with Gasteiger partial charge in [-0.25, -0.2) is 4.68 Å². The second kappa shape index (κ2) is 6.63. The first kappa shape index (κ1) is 13.2. The van der Waals surface area contributed by atoms with Crippen LogP contribution < -0.4 is 5.32 Å². The van der Waals surface area contributed by atoms with Gasteiger partial charge < -0.3 is 10.4 Å². The average Bonchev–Trinajstić information content (AvgIpc) is 2.99. The topological polar surface area (TPSA) is 63.0 Å². The van der Waals surface area contributed by atoms with Gasteiger partial charge in [-0.05, 0) is 24.8 Å². The van der Waals surface area contributed by atoms with Crippen LogP contribution in [0.25, 0.3) is 0 Å². The Morgan fingerprint density at radius 3 is 3.17 bits per heavy atom. The van der Waals surface area contributed by atoms with Crippen LogP contribution >= 0.6 is 11.3 Å². The third-order valence-corrected chi connectivity index (χ3v) is 3.53. The second-order valence-corrected chi connectivity index (χ2v) is 5.29. The predicted molar refractivity (Wildman–Crippen MR) is 71.4 cm³/mol. The summed E-state index contributed by atoms with van der Waals surface area (Å²) in [5, 5.41) is 22.3. The molecule has 1 atom stereocenters. The zero-order chi connectivity index (χ0) is 12.8. The lowest BCUT2D eigenvalue weighted by Crippen LogP contribution is -2.27. The van der Waals surface area contributed by atoms with Crippen molar-refractivity contribution in [3.8, 4) is 0 Å². The maximum absolute atomic E-state index is 8.79. The molecule has 2 rings (SSSR count). The molecule has 0 radical (unpaired) electrons.